The van der Waals surface area contributed by atoms with Crippen molar-refractivity contribution in [3.63, 3.8) is 0 Å². The number of rotatable bonds is 3. The van der Waals surface area contributed by atoms with Crippen molar-refractivity contribution in [2.75, 3.05) is 39.3 Å². The quantitative estimate of drug-likeness (QED) is 0.615. The number of amides is 1. The molecule has 6 nitrogen and oxygen atoms in total. The summed E-state index contributed by atoms with van der Waals surface area (Å²) >= 11 is 0. The van der Waals surface area contributed by atoms with E-state index in [1.165, 1.54) is 0 Å². The summed E-state index contributed by atoms with van der Waals surface area (Å²) in [4.78, 5) is 13.0. The Morgan fingerprint density at radius 3 is 3.07 bits per heavy atom. The Labute approximate surface area is 88.7 Å². The number of hydrogen-bond donors (Lipinski definition) is 2. The first kappa shape index (κ1) is 10.7. The van der Waals surface area contributed by atoms with Gasteiger partial charge in [0.2, 0.25) is 0 Å². The van der Waals surface area contributed by atoms with Crippen molar-refractivity contribution in [1.82, 2.24) is 10.2 Å². The number of carbonyl (C=O) groups is 1. The van der Waals surface area contributed by atoms with Crippen LogP contribution in [-0.2, 0) is 9.47 Å². The number of nitrogens with zero attached hydrogens (tertiary/aromatic N) is 1. The number of alkyl carbamates (subject to hydrolysis) is 1. The summed E-state index contributed by atoms with van der Waals surface area (Å²) in [5, 5.41) is 2.64. The predicted octanol–water partition coefficient (Wildman–Crippen LogP) is -1.25. The fourth-order valence-electron chi connectivity index (χ4n) is 1.91. The number of nitrogens with one attached hydrogen (secondary N) is 1. The van der Waals surface area contributed by atoms with Crippen molar-refractivity contribution in [1.29, 1.82) is 0 Å². The fourth-order valence-corrected chi connectivity index (χ4v) is 1.91. The Balaban J connectivity index is 1.76. The molecule has 2 aliphatic rings. The predicted molar refractivity (Wildman–Crippen MR) is 53.5 cm³/mol. The van der Waals surface area contributed by atoms with Gasteiger partial charge in [0.25, 0.3) is 0 Å². The third kappa shape index (κ3) is 2.80. The monoisotopic (exact) mass is 215 g/mol. The minimum atomic E-state index is -0.316. The van der Waals surface area contributed by atoms with Gasteiger partial charge in [0, 0.05) is 26.2 Å². The molecule has 15 heavy (non-hydrogen) atoms. The first-order valence-electron chi connectivity index (χ1n) is 5.26. The SMILES string of the molecule is NCC1CN(CC2CNC(=O)O2)CCO1. The van der Waals surface area contributed by atoms with Crippen LogP contribution in [0.5, 0.6) is 0 Å². The standard InChI is InChI=1S/C9H17N3O3/c10-3-7-5-12(1-2-14-7)6-8-4-11-9(13)15-8/h7-8H,1-6,10H2,(H,11,13). The van der Waals surface area contributed by atoms with Gasteiger partial charge in [-0.3, -0.25) is 4.90 Å². The summed E-state index contributed by atoms with van der Waals surface area (Å²) in [6.07, 6.45) is -0.235. The largest absolute Gasteiger partial charge is 0.443 e. The van der Waals surface area contributed by atoms with Gasteiger partial charge >= 0.3 is 6.09 Å². The van der Waals surface area contributed by atoms with Crippen LogP contribution in [0.3, 0.4) is 0 Å². The Morgan fingerprint density at radius 1 is 1.53 bits per heavy atom. The topological polar surface area (TPSA) is 76.8 Å². The summed E-state index contributed by atoms with van der Waals surface area (Å²) in [6.45, 7) is 4.31. The normalized spacial score (nSPS) is 32.5. The van der Waals surface area contributed by atoms with Crippen molar-refractivity contribution in [2.45, 2.75) is 12.2 Å². The van der Waals surface area contributed by atoms with Crippen molar-refractivity contribution >= 4 is 6.09 Å². The van der Waals surface area contributed by atoms with Crippen molar-refractivity contribution in [2.24, 2.45) is 5.73 Å². The molecule has 86 valence electrons. The molecular weight excluding hydrogens is 198 g/mol. The second-order valence-corrected chi connectivity index (χ2v) is 3.90. The maximum atomic E-state index is 10.8. The summed E-state index contributed by atoms with van der Waals surface area (Å²) < 4.78 is 10.5. The molecule has 2 aliphatic heterocycles. The van der Waals surface area contributed by atoms with Gasteiger partial charge in [-0.15, -0.1) is 0 Å². The average molecular weight is 215 g/mol. The van der Waals surface area contributed by atoms with E-state index in [2.05, 4.69) is 10.2 Å². The number of hydrogen-bond acceptors (Lipinski definition) is 5. The zero-order chi connectivity index (χ0) is 10.7. The van der Waals surface area contributed by atoms with Crippen molar-refractivity contribution in [3.8, 4) is 0 Å². The molecule has 1 amide bonds. The second kappa shape index (κ2) is 4.78. The van der Waals surface area contributed by atoms with Crippen LogP contribution in [0.1, 0.15) is 0 Å². The van der Waals surface area contributed by atoms with E-state index in [1.807, 2.05) is 0 Å². The minimum absolute atomic E-state index is 0.0333. The number of cyclic esters (lactones) is 1. The summed E-state index contributed by atoms with van der Waals surface area (Å²) in [5.74, 6) is 0. The highest BCUT2D eigenvalue weighted by Crippen LogP contribution is 2.08. The molecule has 2 fully saturated rings. The molecular formula is C9H17N3O3. The van der Waals surface area contributed by atoms with E-state index < -0.39 is 0 Å². The van der Waals surface area contributed by atoms with Gasteiger partial charge in [0.15, 0.2) is 0 Å². The highest BCUT2D eigenvalue weighted by atomic mass is 16.6. The Bertz CT molecular complexity index is 237. The summed E-state index contributed by atoms with van der Waals surface area (Å²) in [6, 6.07) is 0. The first-order chi connectivity index (χ1) is 7.28. The van der Waals surface area contributed by atoms with Crippen molar-refractivity contribution < 1.29 is 14.3 Å². The smallest absolute Gasteiger partial charge is 0.407 e. The molecule has 0 aromatic carbocycles. The molecule has 6 heteroatoms. The van der Waals surface area contributed by atoms with Gasteiger partial charge in [-0.25, -0.2) is 4.79 Å². The van der Waals surface area contributed by atoms with Crippen LogP contribution in [0.25, 0.3) is 0 Å². The lowest BCUT2D eigenvalue weighted by atomic mass is 10.2. The molecule has 2 saturated heterocycles. The van der Waals surface area contributed by atoms with E-state index in [9.17, 15) is 4.79 Å². The highest BCUT2D eigenvalue weighted by Gasteiger charge is 2.27. The van der Waals surface area contributed by atoms with E-state index >= 15 is 0 Å². The van der Waals surface area contributed by atoms with E-state index in [4.69, 9.17) is 15.2 Å². The molecule has 0 saturated carbocycles. The number of morpholine rings is 1. The zero-order valence-electron chi connectivity index (χ0n) is 8.65. The summed E-state index contributed by atoms with van der Waals surface area (Å²) in [7, 11) is 0. The summed E-state index contributed by atoms with van der Waals surface area (Å²) in [5.41, 5.74) is 5.55. The Hall–Kier alpha value is -0.850. The van der Waals surface area contributed by atoms with Gasteiger partial charge in [-0.1, -0.05) is 0 Å². The molecule has 3 N–H and O–H groups in total. The lowest BCUT2D eigenvalue weighted by Crippen LogP contribution is -2.48. The van der Waals surface area contributed by atoms with Gasteiger partial charge in [0.1, 0.15) is 6.10 Å². The Kier molecular flexibility index (Phi) is 3.40. The zero-order valence-corrected chi connectivity index (χ0v) is 8.65. The van der Waals surface area contributed by atoms with Gasteiger partial charge in [-0.2, -0.15) is 0 Å². The van der Waals surface area contributed by atoms with E-state index in [-0.39, 0.29) is 18.3 Å². The molecule has 0 aliphatic carbocycles. The molecule has 0 spiro atoms. The van der Waals surface area contributed by atoms with E-state index in [0.717, 1.165) is 19.6 Å². The molecule has 2 atom stereocenters. The number of nitrogens with two attached hydrogens (primary N) is 1. The third-order valence-corrected chi connectivity index (χ3v) is 2.70. The van der Waals surface area contributed by atoms with Crippen LogP contribution >= 0.6 is 0 Å². The van der Waals surface area contributed by atoms with Crippen LogP contribution in [-0.4, -0.2) is 62.5 Å². The third-order valence-electron chi connectivity index (χ3n) is 2.70. The first-order valence-corrected chi connectivity index (χ1v) is 5.26. The second-order valence-electron chi connectivity index (χ2n) is 3.90. The van der Waals surface area contributed by atoms with Gasteiger partial charge in [-0.05, 0) is 0 Å². The van der Waals surface area contributed by atoms with Crippen LogP contribution in [0.4, 0.5) is 4.79 Å². The van der Waals surface area contributed by atoms with E-state index in [0.29, 0.717) is 19.7 Å². The molecule has 0 aromatic rings. The molecule has 0 bridgehead atoms. The minimum Gasteiger partial charge on any atom is -0.443 e. The fraction of sp³-hybridized carbons (Fsp3) is 0.889. The lowest BCUT2D eigenvalue weighted by molar-refractivity contribution is -0.0331. The maximum Gasteiger partial charge on any atom is 0.407 e. The lowest BCUT2D eigenvalue weighted by Gasteiger charge is -2.33. The number of ether oxygens (including phenoxy) is 2. The van der Waals surface area contributed by atoms with Gasteiger partial charge in [0.05, 0.1) is 19.3 Å². The van der Waals surface area contributed by atoms with Crippen LogP contribution < -0.4 is 11.1 Å². The van der Waals surface area contributed by atoms with Crippen LogP contribution in [0.2, 0.25) is 0 Å². The van der Waals surface area contributed by atoms with E-state index in [1.54, 1.807) is 0 Å². The highest BCUT2D eigenvalue weighted by molar-refractivity contribution is 5.69. The van der Waals surface area contributed by atoms with Crippen LogP contribution in [0, 0.1) is 0 Å². The number of carbonyl (C=O) groups excluding carboxylic acids is 1. The molecule has 0 radical (unpaired) electrons. The van der Waals surface area contributed by atoms with Crippen molar-refractivity contribution in [3.05, 3.63) is 0 Å². The molecule has 2 unspecified atom stereocenters. The molecule has 0 aromatic heterocycles. The Morgan fingerprint density at radius 2 is 2.40 bits per heavy atom. The molecule has 2 heterocycles. The maximum absolute atomic E-state index is 10.8. The van der Waals surface area contributed by atoms with Crippen LogP contribution in [0.15, 0.2) is 0 Å². The average Bonchev–Trinajstić information content (AvgIpc) is 2.64. The van der Waals surface area contributed by atoms with Gasteiger partial charge < -0.3 is 20.5 Å². The molecule has 2 rings (SSSR count).